The molecule has 0 unspecified atom stereocenters. The van der Waals surface area contributed by atoms with Crippen molar-refractivity contribution < 1.29 is 9.31 Å². The van der Waals surface area contributed by atoms with Gasteiger partial charge in [-0.2, -0.15) is 0 Å². The van der Waals surface area contributed by atoms with Crippen LogP contribution in [-0.4, -0.2) is 60.0 Å². The highest BCUT2D eigenvalue weighted by molar-refractivity contribution is 5.52. The number of nitrogens with zero attached hydrogens (tertiary/aromatic N) is 4. The summed E-state index contributed by atoms with van der Waals surface area (Å²) in [6, 6.07) is 15.1. The molecule has 0 aromatic heterocycles. The summed E-state index contributed by atoms with van der Waals surface area (Å²) in [5.74, 6) is -0.512. The Morgan fingerprint density at radius 1 is 0.966 bits per heavy atom. The minimum Gasteiger partial charge on any atom is -0.367 e. The van der Waals surface area contributed by atoms with Crippen LogP contribution in [0.25, 0.3) is 0 Å². The van der Waals surface area contributed by atoms with Crippen molar-refractivity contribution in [1.29, 1.82) is 0 Å². The molecule has 7 heteroatoms. The summed E-state index contributed by atoms with van der Waals surface area (Å²) in [4.78, 5) is 17.3. The summed E-state index contributed by atoms with van der Waals surface area (Å²) < 4.78 is 14.3. The number of piperazine rings is 1. The fourth-order valence-corrected chi connectivity index (χ4v) is 4.48. The smallest absolute Gasteiger partial charge is 0.272 e. The van der Waals surface area contributed by atoms with Crippen LogP contribution in [0.2, 0.25) is 0 Å². The molecular weight excluding hydrogens is 371 g/mol. The summed E-state index contributed by atoms with van der Waals surface area (Å²) >= 11 is 0. The van der Waals surface area contributed by atoms with Gasteiger partial charge in [-0.3, -0.25) is 19.9 Å². The zero-order chi connectivity index (χ0) is 20.2. The fraction of sp³-hybridized carbons (Fsp3) is 0.455. The van der Waals surface area contributed by atoms with Crippen LogP contribution >= 0.6 is 0 Å². The van der Waals surface area contributed by atoms with E-state index in [0.717, 1.165) is 51.9 Å². The number of halogens is 1. The van der Waals surface area contributed by atoms with Crippen LogP contribution in [0.1, 0.15) is 18.4 Å². The molecule has 2 saturated heterocycles. The highest BCUT2D eigenvalue weighted by Crippen LogP contribution is 2.26. The van der Waals surface area contributed by atoms with Crippen LogP contribution in [0.15, 0.2) is 48.5 Å². The Hall–Kier alpha value is -2.51. The molecule has 2 fully saturated rings. The number of nitro groups is 1. The number of nitro benzene ring substituents is 1. The van der Waals surface area contributed by atoms with Crippen molar-refractivity contribution in [2.24, 2.45) is 0 Å². The van der Waals surface area contributed by atoms with Crippen molar-refractivity contribution >= 4 is 11.4 Å². The number of hydrogen-bond donors (Lipinski definition) is 0. The Bertz CT molecular complexity index is 832. The monoisotopic (exact) mass is 398 g/mol. The average Bonchev–Trinajstić information content (AvgIpc) is 2.75. The molecule has 0 N–H and O–H groups in total. The second kappa shape index (κ2) is 8.88. The predicted molar refractivity (Wildman–Crippen MR) is 112 cm³/mol. The second-order valence-electron chi connectivity index (χ2n) is 7.91. The van der Waals surface area contributed by atoms with Gasteiger partial charge in [-0.15, -0.1) is 0 Å². The average molecular weight is 398 g/mol. The summed E-state index contributed by atoms with van der Waals surface area (Å²) in [5, 5.41) is 10.8. The van der Waals surface area contributed by atoms with Crippen molar-refractivity contribution in [2.45, 2.75) is 25.4 Å². The highest BCUT2D eigenvalue weighted by atomic mass is 19.1. The first kappa shape index (κ1) is 19.8. The normalized spacial score (nSPS) is 19.4. The first-order chi connectivity index (χ1) is 14.1. The number of piperidine rings is 1. The molecular formula is C22H27FN4O2. The van der Waals surface area contributed by atoms with E-state index in [2.05, 4.69) is 40.1 Å². The highest BCUT2D eigenvalue weighted by Gasteiger charge is 2.28. The Kier molecular flexibility index (Phi) is 6.06. The van der Waals surface area contributed by atoms with Gasteiger partial charge in [0.15, 0.2) is 5.82 Å². The summed E-state index contributed by atoms with van der Waals surface area (Å²) in [6.45, 7) is 6.53. The lowest BCUT2D eigenvalue weighted by atomic mass is 10.0. The molecule has 4 rings (SSSR count). The van der Waals surface area contributed by atoms with Gasteiger partial charge < -0.3 is 4.90 Å². The molecule has 0 aliphatic carbocycles. The first-order valence-corrected chi connectivity index (χ1v) is 10.3. The Morgan fingerprint density at radius 3 is 2.28 bits per heavy atom. The molecule has 0 bridgehead atoms. The zero-order valence-electron chi connectivity index (χ0n) is 16.5. The lowest BCUT2D eigenvalue weighted by Gasteiger charge is -2.43. The van der Waals surface area contributed by atoms with Crippen molar-refractivity contribution in [2.75, 3.05) is 44.2 Å². The Labute approximate surface area is 170 Å². The molecule has 0 spiro atoms. The van der Waals surface area contributed by atoms with Crippen molar-refractivity contribution in [3.05, 3.63) is 70.0 Å². The molecule has 2 aromatic rings. The van der Waals surface area contributed by atoms with Crippen molar-refractivity contribution in [3.8, 4) is 0 Å². The SMILES string of the molecule is O=[N+]([O-])c1ccc(N2CCN(C3CCN(Cc4ccccc4)CC3)CC2)c(F)c1. The minimum atomic E-state index is -0.561. The number of likely N-dealkylation sites (tertiary alicyclic amines) is 1. The Morgan fingerprint density at radius 2 is 1.66 bits per heavy atom. The van der Waals surface area contributed by atoms with Crippen LogP contribution in [-0.2, 0) is 6.54 Å². The van der Waals surface area contributed by atoms with E-state index < -0.39 is 10.7 Å². The van der Waals surface area contributed by atoms with Crippen LogP contribution < -0.4 is 4.90 Å². The third-order valence-electron chi connectivity index (χ3n) is 6.12. The summed E-state index contributed by atoms with van der Waals surface area (Å²) in [6.07, 6.45) is 2.33. The molecule has 0 amide bonds. The van der Waals surface area contributed by atoms with Crippen LogP contribution in [0.3, 0.4) is 0 Å². The van der Waals surface area contributed by atoms with Gasteiger partial charge in [0.25, 0.3) is 5.69 Å². The molecule has 2 aliphatic heterocycles. The van der Waals surface area contributed by atoms with E-state index in [1.54, 1.807) is 0 Å². The number of rotatable bonds is 5. The first-order valence-electron chi connectivity index (χ1n) is 10.3. The van der Waals surface area contributed by atoms with E-state index in [9.17, 15) is 14.5 Å². The van der Waals surface area contributed by atoms with Gasteiger partial charge in [0.05, 0.1) is 16.7 Å². The van der Waals surface area contributed by atoms with Crippen LogP contribution in [0.5, 0.6) is 0 Å². The molecule has 29 heavy (non-hydrogen) atoms. The van der Waals surface area contributed by atoms with E-state index in [0.29, 0.717) is 11.7 Å². The van der Waals surface area contributed by atoms with Crippen LogP contribution in [0.4, 0.5) is 15.8 Å². The second-order valence-corrected chi connectivity index (χ2v) is 7.91. The van der Waals surface area contributed by atoms with Gasteiger partial charge in [0.2, 0.25) is 0 Å². The molecule has 0 saturated carbocycles. The number of non-ortho nitro benzene ring substituents is 1. The standard InChI is InChI=1S/C22H27FN4O2/c23-21-16-20(27(28)29)6-7-22(21)26-14-12-25(13-15-26)19-8-10-24(11-9-19)17-18-4-2-1-3-5-18/h1-7,16,19H,8-15,17H2. The summed E-state index contributed by atoms with van der Waals surface area (Å²) in [5.41, 5.74) is 1.63. The third kappa shape index (κ3) is 4.74. The van der Waals surface area contributed by atoms with Gasteiger partial charge in [0.1, 0.15) is 0 Å². The van der Waals surface area contributed by atoms with E-state index in [1.807, 2.05) is 4.90 Å². The molecule has 2 aliphatic rings. The topological polar surface area (TPSA) is 52.9 Å². The molecule has 6 nitrogen and oxygen atoms in total. The molecule has 2 aromatic carbocycles. The fourth-order valence-electron chi connectivity index (χ4n) is 4.48. The number of anilines is 1. The van der Waals surface area contributed by atoms with Gasteiger partial charge >= 0.3 is 0 Å². The molecule has 0 atom stereocenters. The van der Waals surface area contributed by atoms with E-state index in [4.69, 9.17) is 0 Å². The maximum absolute atomic E-state index is 14.3. The largest absolute Gasteiger partial charge is 0.367 e. The molecule has 154 valence electrons. The number of hydrogen-bond acceptors (Lipinski definition) is 5. The van der Waals surface area contributed by atoms with E-state index in [-0.39, 0.29) is 5.69 Å². The maximum Gasteiger partial charge on any atom is 0.272 e. The van der Waals surface area contributed by atoms with Gasteiger partial charge in [-0.25, -0.2) is 4.39 Å². The van der Waals surface area contributed by atoms with Gasteiger partial charge in [0, 0.05) is 44.8 Å². The lowest BCUT2D eigenvalue weighted by Crippen LogP contribution is -2.53. The Balaban J connectivity index is 1.27. The maximum atomic E-state index is 14.3. The minimum absolute atomic E-state index is 0.202. The zero-order valence-corrected chi connectivity index (χ0v) is 16.5. The predicted octanol–water partition coefficient (Wildman–Crippen LogP) is 3.52. The number of benzene rings is 2. The van der Waals surface area contributed by atoms with Crippen molar-refractivity contribution in [3.63, 3.8) is 0 Å². The van der Waals surface area contributed by atoms with Gasteiger partial charge in [-0.05, 0) is 37.6 Å². The quantitative estimate of drug-likeness (QED) is 0.570. The summed E-state index contributed by atoms with van der Waals surface area (Å²) in [7, 11) is 0. The third-order valence-corrected chi connectivity index (χ3v) is 6.12. The molecule has 0 radical (unpaired) electrons. The van der Waals surface area contributed by atoms with Gasteiger partial charge in [-0.1, -0.05) is 30.3 Å². The van der Waals surface area contributed by atoms with Crippen molar-refractivity contribution in [1.82, 2.24) is 9.80 Å². The van der Waals surface area contributed by atoms with Crippen LogP contribution in [0, 0.1) is 15.9 Å². The molecule has 2 heterocycles. The lowest BCUT2D eigenvalue weighted by molar-refractivity contribution is -0.385. The van der Waals surface area contributed by atoms with E-state index in [1.165, 1.54) is 30.5 Å². The van der Waals surface area contributed by atoms with E-state index >= 15 is 0 Å².